The van der Waals surface area contributed by atoms with E-state index in [1.807, 2.05) is 66.7 Å². The van der Waals surface area contributed by atoms with Gasteiger partial charge in [0, 0.05) is 15.4 Å². The third-order valence-corrected chi connectivity index (χ3v) is 6.07. The van der Waals surface area contributed by atoms with Gasteiger partial charge in [-0.15, -0.1) is 0 Å². The normalized spacial score (nSPS) is 10.1. The van der Waals surface area contributed by atoms with Crippen LogP contribution in [0, 0.1) is 0 Å². The van der Waals surface area contributed by atoms with Crippen LogP contribution in [-0.2, 0) is 9.53 Å². The lowest BCUT2D eigenvalue weighted by atomic mass is 10.2. The van der Waals surface area contributed by atoms with Gasteiger partial charge in [-0.1, -0.05) is 78.1 Å². The van der Waals surface area contributed by atoms with E-state index >= 15 is 0 Å². The Morgan fingerprint density at radius 1 is 0.724 bits per heavy atom. The zero-order valence-electron chi connectivity index (χ0n) is 15.7. The van der Waals surface area contributed by atoms with Crippen LogP contribution in [0.25, 0.3) is 0 Å². The number of ether oxygens (including phenoxy) is 1. The smallest absolute Gasteiger partial charge is 0.356 e. The highest BCUT2D eigenvalue weighted by Gasteiger charge is 2.22. The standard InChI is InChI=1S/C23H19NO3S2/c1-27-22(26)20(24-21(25)17-11-5-2-6-12-17)23(28-18-13-7-3-8-14-18)29-19-15-9-4-10-16-19/h2-16H,1H3,(H,24,25). The summed E-state index contributed by atoms with van der Waals surface area (Å²) in [5, 5.41) is 2.75. The van der Waals surface area contributed by atoms with Crippen LogP contribution in [0.3, 0.4) is 0 Å². The number of hydrogen-bond acceptors (Lipinski definition) is 5. The Bertz CT molecular complexity index is 947. The van der Waals surface area contributed by atoms with Crippen LogP contribution in [0.2, 0.25) is 0 Å². The fourth-order valence-electron chi connectivity index (χ4n) is 2.38. The van der Waals surface area contributed by atoms with Crippen molar-refractivity contribution in [2.75, 3.05) is 7.11 Å². The lowest BCUT2D eigenvalue weighted by molar-refractivity contribution is -0.136. The van der Waals surface area contributed by atoms with E-state index in [0.717, 1.165) is 9.79 Å². The molecule has 0 atom stereocenters. The van der Waals surface area contributed by atoms with Gasteiger partial charge >= 0.3 is 5.97 Å². The molecule has 0 saturated carbocycles. The van der Waals surface area contributed by atoms with Crippen LogP contribution >= 0.6 is 23.5 Å². The molecule has 0 bridgehead atoms. The average molecular weight is 422 g/mol. The first-order chi connectivity index (χ1) is 14.2. The molecular formula is C23H19NO3S2. The Kier molecular flexibility index (Phi) is 7.55. The van der Waals surface area contributed by atoms with E-state index in [-0.39, 0.29) is 11.6 Å². The second-order valence-corrected chi connectivity index (χ2v) is 8.23. The third-order valence-electron chi connectivity index (χ3n) is 3.78. The molecule has 0 spiro atoms. The van der Waals surface area contributed by atoms with Crippen molar-refractivity contribution in [3.05, 3.63) is 106 Å². The van der Waals surface area contributed by atoms with Crippen LogP contribution in [0.1, 0.15) is 10.4 Å². The van der Waals surface area contributed by atoms with Crippen LogP contribution < -0.4 is 5.32 Å². The van der Waals surface area contributed by atoms with Crippen molar-refractivity contribution in [1.82, 2.24) is 5.32 Å². The monoisotopic (exact) mass is 421 g/mol. The number of nitrogens with one attached hydrogen (secondary N) is 1. The molecule has 6 heteroatoms. The predicted octanol–water partition coefficient (Wildman–Crippen LogP) is 5.34. The highest BCUT2D eigenvalue weighted by atomic mass is 32.2. The maximum atomic E-state index is 12.7. The number of esters is 1. The van der Waals surface area contributed by atoms with Gasteiger partial charge in [-0.25, -0.2) is 4.79 Å². The van der Waals surface area contributed by atoms with Crippen molar-refractivity contribution in [3.63, 3.8) is 0 Å². The quantitative estimate of drug-likeness (QED) is 0.317. The van der Waals surface area contributed by atoms with Gasteiger partial charge in [-0.05, 0) is 36.4 Å². The summed E-state index contributed by atoms with van der Waals surface area (Å²) in [4.78, 5) is 27.2. The van der Waals surface area contributed by atoms with E-state index in [4.69, 9.17) is 4.74 Å². The molecule has 0 unspecified atom stereocenters. The van der Waals surface area contributed by atoms with E-state index in [1.165, 1.54) is 30.6 Å². The number of benzene rings is 3. The van der Waals surface area contributed by atoms with Gasteiger partial charge in [0.1, 0.15) is 5.70 Å². The summed E-state index contributed by atoms with van der Waals surface area (Å²) in [5.41, 5.74) is 0.576. The lowest BCUT2D eigenvalue weighted by Crippen LogP contribution is -2.29. The lowest BCUT2D eigenvalue weighted by Gasteiger charge is -2.14. The molecule has 0 saturated heterocycles. The van der Waals surface area contributed by atoms with Crippen molar-refractivity contribution in [3.8, 4) is 0 Å². The molecule has 0 radical (unpaired) electrons. The minimum Gasteiger partial charge on any atom is -0.464 e. The van der Waals surface area contributed by atoms with Gasteiger partial charge in [-0.2, -0.15) is 0 Å². The summed E-state index contributed by atoms with van der Waals surface area (Å²) >= 11 is 2.80. The van der Waals surface area contributed by atoms with Crippen LogP contribution in [0.15, 0.2) is 111 Å². The van der Waals surface area contributed by atoms with E-state index < -0.39 is 5.97 Å². The molecule has 3 aromatic carbocycles. The fraction of sp³-hybridized carbons (Fsp3) is 0.0435. The molecule has 3 rings (SSSR count). The number of methoxy groups -OCH3 is 1. The van der Waals surface area contributed by atoms with Crippen molar-refractivity contribution < 1.29 is 14.3 Å². The SMILES string of the molecule is COC(=O)C(NC(=O)c1ccccc1)=C(Sc1ccccc1)Sc1ccccc1. The van der Waals surface area contributed by atoms with Crippen molar-refractivity contribution in [2.24, 2.45) is 0 Å². The maximum Gasteiger partial charge on any atom is 0.356 e. The summed E-state index contributed by atoms with van der Waals surface area (Å²) in [6, 6.07) is 28.1. The Morgan fingerprint density at radius 3 is 1.62 bits per heavy atom. The van der Waals surface area contributed by atoms with E-state index in [0.29, 0.717) is 9.80 Å². The van der Waals surface area contributed by atoms with Gasteiger partial charge in [0.25, 0.3) is 5.91 Å². The van der Waals surface area contributed by atoms with Crippen molar-refractivity contribution >= 4 is 35.4 Å². The Labute approximate surface area is 178 Å². The molecule has 0 aliphatic carbocycles. The number of rotatable bonds is 7. The van der Waals surface area contributed by atoms with Gasteiger partial charge < -0.3 is 10.1 Å². The molecule has 0 fully saturated rings. The van der Waals surface area contributed by atoms with Gasteiger partial charge in [0.15, 0.2) is 0 Å². The molecule has 1 N–H and O–H groups in total. The summed E-state index contributed by atoms with van der Waals surface area (Å²) in [5.74, 6) is -0.970. The number of carbonyl (C=O) groups excluding carboxylic acids is 2. The predicted molar refractivity (Wildman–Crippen MR) is 118 cm³/mol. The zero-order valence-corrected chi connectivity index (χ0v) is 17.3. The maximum absolute atomic E-state index is 12.7. The Morgan fingerprint density at radius 2 is 1.17 bits per heavy atom. The summed E-state index contributed by atoms with van der Waals surface area (Å²) in [7, 11) is 1.30. The van der Waals surface area contributed by atoms with Crippen molar-refractivity contribution in [1.29, 1.82) is 0 Å². The highest BCUT2D eigenvalue weighted by Crippen LogP contribution is 2.41. The molecule has 146 valence electrons. The van der Waals surface area contributed by atoms with Gasteiger partial charge in [-0.3, -0.25) is 4.79 Å². The van der Waals surface area contributed by atoms with E-state index in [9.17, 15) is 9.59 Å². The van der Waals surface area contributed by atoms with E-state index in [2.05, 4.69) is 5.32 Å². The van der Waals surface area contributed by atoms with Crippen LogP contribution in [0.4, 0.5) is 0 Å². The highest BCUT2D eigenvalue weighted by molar-refractivity contribution is 8.22. The van der Waals surface area contributed by atoms with Crippen LogP contribution in [0.5, 0.6) is 0 Å². The second-order valence-electron chi connectivity index (χ2n) is 5.80. The minimum atomic E-state index is -0.601. The molecule has 1 amide bonds. The molecule has 0 heterocycles. The fourth-order valence-corrected chi connectivity index (χ4v) is 4.61. The van der Waals surface area contributed by atoms with Crippen molar-refractivity contribution in [2.45, 2.75) is 9.79 Å². The van der Waals surface area contributed by atoms with Gasteiger partial charge in [0.05, 0.1) is 11.3 Å². The summed E-state index contributed by atoms with van der Waals surface area (Å²) in [6.45, 7) is 0. The Balaban J connectivity index is 2.00. The van der Waals surface area contributed by atoms with Crippen LogP contribution in [-0.4, -0.2) is 19.0 Å². The first-order valence-electron chi connectivity index (χ1n) is 8.82. The molecular weight excluding hydrogens is 402 g/mol. The number of carbonyl (C=O) groups is 2. The average Bonchev–Trinajstić information content (AvgIpc) is 2.78. The topological polar surface area (TPSA) is 55.4 Å². The zero-order chi connectivity index (χ0) is 20.5. The minimum absolute atomic E-state index is 0.115. The number of thioether (sulfide) groups is 2. The second kappa shape index (κ2) is 10.5. The number of amides is 1. The molecule has 3 aromatic rings. The molecule has 4 nitrogen and oxygen atoms in total. The first-order valence-corrected chi connectivity index (χ1v) is 10.5. The Hall–Kier alpha value is -2.96. The largest absolute Gasteiger partial charge is 0.464 e. The summed E-state index contributed by atoms with van der Waals surface area (Å²) < 4.78 is 5.59. The number of hydrogen-bond donors (Lipinski definition) is 1. The summed E-state index contributed by atoms with van der Waals surface area (Å²) in [6.07, 6.45) is 0. The molecule has 29 heavy (non-hydrogen) atoms. The van der Waals surface area contributed by atoms with Gasteiger partial charge in [0.2, 0.25) is 0 Å². The van der Waals surface area contributed by atoms with E-state index in [1.54, 1.807) is 24.3 Å². The first kappa shape index (κ1) is 20.8. The molecule has 0 aliphatic rings. The molecule has 0 aromatic heterocycles. The molecule has 0 aliphatic heterocycles. The third kappa shape index (κ3) is 6.01.